The van der Waals surface area contributed by atoms with Crippen LogP contribution in [0.25, 0.3) is 6.08 Å². The number of likely N-dealkylation sites (N-methyl/N-ethyl adjacent to an activating group) is 1. The fourth-order valence-corrected chi connectivity index (χ4v) is 2.45. The summed E-state index contributed by atoms with van der Waals surface area (Å²) in [5, 5.41) is 2.73. The van der Waals surface area contributed by atoms with Crippen LogP contribution in [0.2, 0.25) is 0 Å². The second kappa shape index (κ2) is 10.0. The van der Waals surface area contributed by atoms with Crippen molar-refractivity contribution in [3.05, 3.63) is 54.1 Å². The Morgan fingerprint density at radius 1 is 1.00 bits per heavy atom. The Morgan fingerprint density at radius 2 is 1.75 bits per heavy atom. The van der Waals surface area contributed by atoms with Gasteiger partial charge in [0.1, 0.15) is 5.75 Å². The molecule has 0 aliphatic rings. The Hall–Kier alpha value is -3.48. The van der Waals surface area contributed by atoms with Gasteiger partial charge in [-0.25, -0.2) is 0 Å². The smallest absolute Gasteiger partial charge is 0.246 e. The van der Waals surface area contributed by atoms with Crippen molar-refractivity contribution in [2.24, 2.45) is 0 Å². The van der Waals surface area contributed by atoms with Gasteiger partial charge in [-0.3, -0.25) is 9.59 Å². The largest absolute Gasteiger partial charge is 0.497 e. The number of nitrogens with one attached hydrogen (secondary N) is 1. The number of ether oxygens (including phenoxy) is 3. The third-order valence-corrected chi connectivity index (χ3v) is 3.94. The third kappa shape index (κ3) is 5.77. The zero-order valence-electron chi connectivity index (χ0n) is 16.4. The Kier molecular flexibility index (Phi) is 7.45. The zero-order chi connectivity index (χ0) is 20.5. The summed E-state index contributed by atoms with van der Waals surface area (Å²) in [6.07, 6.45) is 3.09. The summed E-state index contributed by atoms with van der Waals surface area (Å²) >= 11 is 0. The van der Waals surface area contributed by atoms with Crippen LogP contribution in [0.4, 0.5) is 5.69 Å². The normalized spacial score (nSPS) is 10.4. The number of nitrogens with zero attached hydrogens (tertiary/aromatic N) is 1. The molecule has 0 aromatic heterocycles. The van der Waals surface area contributed by atoms with Gasteiger partial charge in [-0.2, -0.15) is 0 Å². The molecule has 7 heteroatoms. The molecule has 2 aromatic rings. The number of anilines is 1. The Bertz CT molecular complexity index is 864. The fraction of sp³-hybridized carbons (Fsp3) is 0.238. The molecule has 0 heterocycles. The van der Waals surface area contributed by atoms with E-state index >= 15 is 0 Å². The van der Waals surface area contributed by atoms with E-state index in [9.17, 15) is 9.59 Å². The van der Waals surface area contributed by atoms with Gasteiger partial charge in [0.05, 0.1) is 27.9 Å². The molecule has 148 valence electrons. The minimum atomic E-state index is -0.321. The molecule has 0 unspecified atom stereocenters. The Morgan fingerprint density at radius 3 is 2.43 bits per heavy atom. The van der Waals surface area contributed by atoms with Crippen molar-refractivity contribution in [1.29, 1.82) is 0 Å². The molecule has 0 aliphatic heterocycles. The number of hydrogen-bond donors (Lipinski definition) is 1. The highest BCUT2D eigenvalue weighted by atomic mass is 16.5. The van der Waals surface area contributed by atoms with Gasteiger partial charge in [-0.1, -0.05) is 12.1 Å². The molecule has 2 amide bonds. The quantitative estimate of drug-likeness (QED) is 0.708. The maximum absolute atomic E-state index is 12.2. The minimum Gasteiger partial charge on any atom is -0.497 e. The Labute approximate surface area is 164 Å². The molecule has 0 spiro atoms. The van der Waals surface area contributed by atoms with Crippen molar-refractivity contribution in [3.8, 4) is 17.2 Å². The highest BCUT2D eigenvalue weighted by Crippen LogP contribution is 2.29. The second-order valence-corrected chi connectivity index (χ2v) is 5.92. The molecule has 28 heavy (non-hydrogen) atoms. The van der Waals surface area contributed by atoms with Crippen LogP contribution in [0.3, 0.4) is 0 Å². The highest BCUT2D eigenvalue weighted by Gasteiger charge is 2.12. The van der Waals surface area contributed by atoms with Crippen molar-refractivity contribution in [3.63, 3.8) is 0 Å². The van der Waals surface area contributed by atoms with Crippen LogP contribution in [0, 0.1) is 0 Å². The molecule has 0 bridgehead atoms. The van der Waals surface area contributed by atoms with E-state index in [2.05, 4.69) is 5.32 Å². The first-order valence-corrected chi connectivity index (χ1v) is 8.56. The van der Waals surface area contributed by atoms with Crippen molar-refractivity contribution in [2.45, 2.75) is 0 Å². The molecule has 2 aromatic carbocycles. The number of rotatable bonds is 8. The van der Waals surface area contributed by atoms with Gasteiger partial charge in [0.25, 0.3) is 0 Å². The molecule has 0 atom stereocenters. The lowest BCUT2D eigenvalue weighted by atomic mass is 10.2. The van der Waals surface area contributed by atoms with Gasteiger partial charge in [0.15, 0.2) is 11.5 Å². The van der Waals surface area contributed by atoms with E-state index in [0.717, 1.165) is 5.56 Å². The summed E-state index contributed by atoms with van der Waals surface area (Å²) in [4.78, 5) is 25.8. The van der Waals surface area contributed by atoms with Crippen LogP contribution < -0.4 is 19.5 Å². The van der Waals surface area contributed by atoms with Crippen molar-refractivity contribution in [1.82, 2.24) is 4.90 Å². The summed E-state index contributed by atoms with van der Waals surface area (Å²) in [7, 11) is 6.20. The molecule has 0 fully saturated rings. The third-order valence-electron chi connectivity index (χ3n) is 3.94. The summed E-state index contributed by atoms with van der Waals surface area (Å²) < 4.78 is 15.5. The van der Waals surface area contributed by atoms with E-state index in [-0.39, 0.29) is 18.4 Å². The van der Waals surface area contributed by atoms with Crippen molar-refractivity contribution in [2.75, 3.05) is 40.2 Å². The average Bonchev–Trinajstić information content (AvgIpc) is 2.71. The number of carbonyl (C=O) groups is 2. The number of hydrogen-bond acceptors (Lipinski definition) is 5. The minimum absolute atomic E-state index is 0.0877. The van der Waals surface area contributed by atoms with E-state index in [0.29, 0.717) is 22.9 Å². The highest BCUT2D eigenvalue weighted by molar-refractivity contribution is 5.98. The fourth-order valence-electron chi connectivity index (χ4n) is 2.45. The number of amides is 2. The number of benzene rings is 2. The molecule has 0 aliphatic carbocycles. The van der Waals surface area contributed by atoms with Gasteiger partial charge >= 0.3 is 0 Å². The maximum atomic E-state index is 12.2. The SMILES string of the molecule is COc1cccc(/C=C/C(=O)N(C)CC(=O)Nc2ccc(OC)c(OC)c2)c1. The second-order valence-electron chi connectivity index (χ2n) is 5.92. The molecule has 0 saturated heterocycles. The van der Waals surface area contributed by atoms with Crippen LogP contribution in [0.15, 0.2) is 48.5 Å². The lowest BCUT2D eigenvalue weighted by molar-refractivity contribution is -0.129. The molecule has 0 saturated carbocycles. The summed E-state index contributed by atoms with van der Waals surface area (Å²) in [6, 6.07) is 12.4. The number of carbonyl (C=O) groups excluding carboxylic acids is 2. The monoisotopic (exact) mass is 384 g/mol. The lowest BCUT2D eigenvalue weighted by Gasteiger charge is -2.15. The number of methoxy groups -OCH3 is 3. The predicted molar refractivity (Wildman–Crippen MR) is 108 cm³/mol. The van der Waals surface area contributed by atoms with Gasteiger partial charge in [0, 0.05) is 24.9 Å². The molecule has 7 nitrogen and oxygen atoms in total. The summed E-state index contributed by atoms with van der Waals surface area (Å²) in [6.45, 7) is -0.0877. The summed E-state index contributed by atoms with van der Waals surface area (Å²) in [5.74, 6) is 1.17. The van der Waals surface area contributed by atoms with Crippen LogP contribution in [0.5, 0.6) is 17.2 Å². The van der Waals surface area contributed by atoms with Gasteiger partial charge < -0.3 is 24.4 Å². The van der Waals surface area contributed by atoms with E-state index in [4.69, 9.17) is 14.2 Å². The summed E-state index contributed by atoms with van der Waals surface area (Å²) in [5.41, 5.74) is 1.38. The van der Waals surface area contributed by atoms with Crippen molar-refractivity contribution < 1.29 is 23.8 Å². The van der Waals surface area contributed by atoms with Gasteiger partial charge in [-0.05, 0) is 35.9 Å². The first-order chi connectivity index (χ1) is 13.5. The lowest BCUT2D eigenvalue weighted by Crippen LogP contribution is -2.33. The van der Waals surface area contributed by atoms with Crippen LogP contribution in [0.1, 0.15) is 5.56 Å². The Balaban J connectivity index is 1.94. The molecule has 1 N–H and O–H groups in total. The average molecular weight is 384 g/mol. The molecule has 0 radical (unpaired) electrons. The van der Waals surface area contributed by atoms with Gasteiger partial charge in [0.2, 0.25) is 11.8 Å². The zero-order valence-corrected chi connectivity index (χ0v) is 16.4. The van der Waals surface area contributed by atoms with Crippen LogP contribution >= 0.6 is 0 Å². The van der Waals surface area contributed by atoms with E-state index in [1.54, 1.807) is 38.4 Å². The van der Waals surface area contributed by atoms with Crippen molar-refractivity contribution >= 4 is 23.6 Å². The van der Waals surface area contributed by atoms with E-state index in [1.807, 2.05) is 24.3 Å². The maximum Gasteiger partial charge on any atom is 0.246 e. The first kappa shape index (κ1) is 20.8. The van der Waals surface area contributed by atoms with E-state index < -0.39 is 0 Å². The predicted octanol–water partition coefficient (Wildman–Crippen LogP) is 2.82. The topological polar surface area (TPSA) is 77.1 Å². The van der Waals surface area contributed by atoms with Crippen LogP contribution in [-0.2, 0) is 9.59 Å². The first-order valence-electron chi connectivity index (χ1n) is 8.56. The van der Waals surface area contributed by atoms with E-state index in [1.165, 1.54) is 25.2 Å². The van der Waals surface area contributed by atoms with Crippen LogP contribution in [-0.4, -0.2) is 51.6 Å². The molecular weight excluding hydrogens is 360 g/mol. The van der Waals surface area contributed by atoms with Gasteiger partial charge in [-0.15, -0.1) is 0 Å². The molecule has 2 rings (SSSR count). The molecular formula is C21H24N2O5. The standard InChI is InChI=1S/C21H24N2O5/c1-23(21(25)11-8-15-6-5-7-17(12-15)26-2)14-20(24)22-16-9-10-18(27-3)19(13-16)28-4/h5-13H,14H2,1-4H3,(H,22,24)/b11-8+.